The summed E-state index contributed by atoms with van der Waals surface area (Å²) in [5.74, 6) is -0.0778. The van der Waals surface area contributed by atoms with Crippen molar-refractivity contribution in [2.24, 2.45) is 5.41 Å². The first kappa shape index (κ1) is 14.8. The van der Waals surface area contributed by atoms with Gasteiger partial charge in [0.1, 0.15) is 5.60 Å². The Kier molecular flexibility index (Phi) is 4.21. The van der Waals surface area contributed by atoms with Crippen molar-refractivity contribution in [3.8, 4) is 0 Å². The van der Waals surface area contributed by atoms with Crippen LogP contribution in [0, 0.1) is 5.41 Å². The number of nitrogens with one attached hydrogen (secondary N) is 1. The Morgan fingerprint density at radius 2 is 1.95 bits per heavy atom. The second-order valence-corrected chi connectivity index (χ2v) is 7.27. The molecule has 2 aliphatic rings. The van der Waals surface area contributed by atoms with E-state index in [-0.39, 0.29) is 11.6 Å². The van der Waals surface area contributed by atoms with Gasteiger partial charge in [0.05, 0.1) is 5.41 Å². The molecule has 2 saturated heterocycles. The van der Waals surface area contributed by atoms with Crippen molar-refractivity contribution in [1.29, 1.82) is 0 Å². The van der Waals surface area contributed by atoms with Crippen LogP contribution in [0.25, 0.3) is 0 Å². The van der Waals surface area contributed by atoms with Crippen LogP contribution < -0.4 is 5.32 Å². The average Bonchev–Trinajstić information content (AvgIpc) is 2.82. The Bertz CT molecular complexity index is 322. The van der Waals surface area contributed by atoms with E-state index in [1.54, 1.807) is 0 Å². The van der Waals surface area contributed by atoms with Crippen molar-refractivity contribution in [2.75, 3.05) is 26.2 Å². The van der Waals surface area contributed by atoms with Gasteiger partial charge < -0.3 is 10.1 Å². The Morgan fingerprint density at radius 1 is 1.32 bits per heavy atom. The van der Waals surface area contributed by atoms with Crippen molar-refractivity contribution in [2.45, 2.75) is 58.6 Å². The molecule has 0 unspecified atom stereocenters. The van der Waals surface area contributed by atoms with E-state index in [0.717, 1.165) is 39.0 Å². The van der Waals surface area contributed by atoms with Crippen LogP contribution >= 0.6 is 0 Å². The van der Waals surface area contributed by atoms with Gasteiger partial charge in [-0.05, 0) is 53.5 Å². The van der Waals surface area contributed by atoms with Crippen LogP contribution in [-0.4, -0.2) is 48.7 Å². The number of piperidine rings is 1. The van der Waals surface area contributed by atoms with Gasteiger partial charge in [0, 0.05) is 25.7 Å². The first-order chi connectivity index (χ1) is 8.80. The maximum absolute atomic E-state index is 12.0. The van der Waals surface area contributed by atoms with E-state index in [1.807, 2.05) is 20.8 Å². The molecule has 1 N–H and O–H groups in total. The Balaban J connectivity index is 1.85. The third kappa shape index (κ3) is 3.69. The SMILES string of the molecule is CC1(OC(=O)C(C)(C)C)CCN([C@@H]2CCNC2)CC1. The number of rotatable bonds is 2. The number of nitrogens with zero attached hydrogens (tertiary/aromatic N) is 1. The lowest BCUT2D eigenvalue weighted by Crippen LogP contribution is -2.50. The van der Waals surface area contributed by atoms with E-state index >= 15 is 0 Å². The fourth-order valence-electron chi connectivity index (χ4n) is 2.79. The number of esters is 1. The van der Waals surface area contributed by atoms with Gasteiger partial charge in [-0.1, -0.05) is 0 Å². The molecule has 2 rings (SSSR count). The van der Waals surface area contributed by atoms with Crippen LogP contribution in [0.1, 0.15) is 47.0 Å². The molecule has 2 fully saturated rings. The molecule has 0 aromatic carbocycles. The van der Waals surface area contributed by atoms with Gasteiger partial charge in [0.15, 0.2) is 0 Å². The number of carbonyl (C=O) groups excluding carboxylic acids is 1. The molecule has 1 atom stereocenters. The number of carbonyl (C=O) groups is 1. The summed E-state index contributed by atoms with van der Waals surface area (Å²) in [6.45, 7) is 12.2. The molecule has 0 aromatic heterocycles. The van der Waals surface area contributed by atoms with Gasteiger partial charge in [-0.3, -0.25) is 9.69 Å². The van der Waals surface area contributed by atoms with Crippen molar-refractivity contribution in [1.82, 2.24) is 10.2 Å². The number of hydrogen-bond donors (Lipinski definition) is 1. The second kappa shape index (κ2) is 5.41. The summed E-state index contributed by atoms with van der Waals surface area (Å²) in [4.78, 5) is 14.6. The quantitative estimate of drug-likeness (QED) is 0.775. The fourth-order valence-corrected chi connectivity index (χ4v) is 2.79. The van der Waals surface area contributed by atoms with E-state index in [4.69, 9.17) is 4.74 Å². The largest absolute Gasteiger partial charge is 0.459 e. The summed E-state index contributed by atoms with van der Waals surface area (Å²) in [5, 5.41) is 3.42. The molecule has 0 aliphatic carbocycles. The molecule has 0 amide bonds. The molecule has 0 aromatic rings. The van der Waals surface area contributed by atoms with E-state index < -0.39 is 5.41 Å². The molecule has 0 spiro atoms. The average molecular weight is 268 g/mol. The molecule has 4 nitrogen and oxygen atoms in total. The minimum Gasteiger partial charge on any atom is -0.459 e. The number of likely N-dealkylation sites (tertiary alicyclic amines) is 1. The predicted octanol–water partition coefficient (Wildman–Crippen LogP) is 1.79. The predicted molar refractivity (Wildman–Crippen MR) is 76.0 cm³/mol. The summed E-state index contributed by atoms with van der Waals surface area (Å²) in [5.41, 5.74) is -0.678. The summed E-state index contributed by atoms with van der Waals surface area (Å²) in [6, 6.07) is 0.683. The van der Waals surface area contributed by atoms with Crippen LogP contribution in [0.3, 0.4) is 0 Å². The highest BCUT2D eigenvalue weighted by Gasteiger charge is 2.38. The van der Waals surface area contributed by atoms with Crippen molar-refractivity contribution in [3.05, 3.63) is 0 Å². The smallest absolute Gasteiger partial charge is 0.311 e. The Hall–Kier alpha value is -0.610. The zero-order valence-electron chi connectivity index (χ0n) is 12.8. The summed E-state index contributed by atoms with van der Waals surface area (Å²) < 4.78 is 5.77. The summed E-state index contributed by atoms with van der Waals surface area (Å²) in [7, 11) is 0. The molecule has 4 heteroatoms. The molecular formula is C15H28N2O2. The second-order valence-electron chi connectivity index (χ2n) is 7.27. The van der Waals surface area contributed by atoms with Gasteiger partial charge in [-0.25, -0.2) is 0 Å². The van der Waals surface area contributed by atoms with Gasteiger partial charge >= 0.3 is 5.97 Å². The Morgan fingerprint density at radius 3 is 2.42 bits per heavy atom. The maximum atomic E-state index is 12.0. The molecule has 0 radical (unpaired) electrons. The van der Waals surface area contributed by atoms with E-state index in [9.17, 15) is 4.79 Å². The van der Waals surface area contributed by atoms with Gasteiger partial charge in [-0.15, -0.1) is 0 Å². The van der Waals surface area contributed by atoms with Crippen LogP contribution in [0.15, 0.2) is 0 Å². The number of ether oxygens (including phenoxy) is 1. The van der Waals surface area contributed by atoms with Crippen molar-refractivity contribution in [3.63, 3.8) is 0 Å². The zero-order chi connectivity index (χ0) is 14.1. The highest BCUT2D eigenvalue weighted by molar-refractivity contribution is 5.75. The van der Waals surface area contributed by atoms with Crippen LogP contribution in [-0.2, 0) is 9.53 Å². The molecule has 19 heavy (non-hydrogen) atoms. The van der Waals surface area contributed by atoms with Gasteiger partial charge in [-0.2, -0.15) is 0 Å². The topological polar surface area (TPSA) is 41.6 Å². The third-order valence-electron chi connectivity index (χ3n) is 4.36. The fraction of sp³-hybridized carbons (Fsp3) is 0.933. The summed E-state index contributed by atoms with van der Waals surface area (Å²) >= 11 is 0. The lowest BCUT2D eigenvalue weighted by Gasteiger charge is -2.42. The van der Waals surface area contributed by atoms with Crippen molar-refractivity contribution >= 4 is 5.97 Å². The lowest BCUT2D eigenvalue weighted by molar-refractivity contribution is -0.172. The normalized spacial score (nSPS) is 28.3. The first-order valence-corrected chi connectivity index (χ1v) is 7.48. The van der Waals surface area contributed by atoms with Gasteiger partial charge in [0.25, 0.3) is 0 Å². The van der Waals surface area contributed by atoms with Crippen LogP contribution in [0.5, 0.6) is 0 Å². The Labute approximate surface area is 116 Å². The molecule has 0 saturated carbocycles. The van der Waals surface area contributed by atoms with E-state index in [1.165, 1.54) is 6.42 Å². The molecular weight excluding hydrogens is 240 g/mol. The zero-order valence-corrected chi connectivity index (χ0v) is 12.8. The van der Waals surface area contributed by atoms with Crippen molar-refractivity contribution < 1.29 is 9.53 Å². The molecule has 2 aliphatic heterocycles. The van der Waals surface area contributed by atoms with Crippen LogP contribution in [0.4, 0.5) is 0 Å². The molecule has 110 valence electrons. The molecule has 0 bridgehead atoms. The van der Waals surface area contributed by atoms with Gasteiger partial charge in [0.2, 0.25) is 0 Å². The standard InChI is InChI=1S/C15H28N2O2/c1-14(2,3)13(18)19-15(4)6-9-17(10-7-15)12-5-8-16-11-12/h12,16H,5-11H2,1-4H3/t12-/m1/s1. The summed E-state index contributed by atoms with van der Waals surface area (Å²) in [6.07, 6.45) is 3.15. The maximum Gasteiger partial charge on any atom is 0.311 e. The third-order valence-corrected chi connectivity index (χ3v) is 4.36. The highest BCUT2D eigenvalue weighted by Crippen LogP contribution is 2.30. The highest BCUT2D eigenvalue weighted by atomic mass is 16.6. The van der Waals surface area contributed by atoms with Crippen LogP contribution in [0.2, 0.25) is 0 Å². The first-order valence-electron chi connectivity index (χ1n) is 7.48. The minimum atomic E-state index is -0.407. The minimum absolute atomic E-state index is 0.0778. The monoisotopic (exact) mass is 268 g/mol. The number of hydrogen-bond acceptors (Lipinski definition) is 4. The van der Waals surface area contributed by atoms with E-state index in [2.05, 4.69) is 17.1 Å². The molecule has 2 heterocycles. The lowest BCUT2D eigenvalue weighted by atomic mass is 9.90. The van der Waals surface area contributed by atoms with E-state index in [0.29, 0.717) is 6.04 Å².